The molecule has 2 aromatic carbocycles. The molecule has 2 aromatic heterocycles. The summed E-state index contributed by atoms with van der Waals surface area (Å²) >= 11 is 0. The molecule has 0 unspecified atom stereocenters. The summed E-state index contributed by atoms with van der Waals surface area (Å²) in [5, 5.41) is 4.40. The summed E-state index contributed by atoms with van der Waals surface area (Å²) in [5.41, 5.74) is 4.50. The Kier molecular flexibility index (Phi) is 6.48. The van der Waals surface area contributed by atoms with Gasteiger partial charge >= 0.3 is 6.03 Å². The largest absolute Gasteiger partial charge is 0.493 e. The number of urea groups is 1. The predicted molar refractivity (Wildman–Crippen MR) is 140 cm³/mol. The molecule has 0 aliphatic carbocycles. The van der Waals surface area contributed by atoms with E-state index in [0.717, 1.165) is 34.2 Å². The molecule has 0 saturated carbocycles. The van der Waals surface area contributed by atoms with Crippen LogP contribution in [0.2, 0.25) is 0 Å². The lowest BCUT2D eigenvalue weighted by Crippen LogP contribution is -2.45. The number of ether oxygens (including phenoxy) is 2. The third-order valence-electron chi connectivity index (χ3n) is 6.67. The Hall–Kier alpha value is -4.47. The van der Waals surface area contributed by atoms with Gasteiger partial charge in [-0.3, -0.25) is 19.5 Å². The summed E-state index contributed by atoms with van der Waals surface area (Å²) in [7, 11) is 4.35. The zero-order valence-electron chi connectivity index (χ0n) is 21.7. The average Bonchev–Trinajstić information content (AvgIpc) is 3.26. The van der Waals surface area contributed by atoms with Gasteiger partial charge in [0.2, 0.25) is 0 Å². The van der Waals surface area contributed by atoms with Crippen LogP contribution in [-0.4, -0.2) is 35.0 Å². The molecule has 8 nitrogen and oxygen atoms in total. The number of methoxy groups -OCH3 is 2. The fraction of sp³-hybridized carbons (Fsp3) is 0.250. The van der Waals surface area contributed by atoms with Gasteiger partial charge < -0.3 is 9.47 Å². The number of anilines is 3. The molecular weight excluding hydrogens is 492 g/mol. The summed E-state index contributed by atoms with van der Waals surface area (Å²) in [6, 6.07) is 9.77. The lowest BCUT2D eigenvalue weighted by molar-refractivity contribution is 0.251. The van der Waals surface area contributed by atoms with E-state index in [4.69, 9.17) is 9.47 Å². The summed E-state index contributed by atoms with van der Waals surface area (Å²) < 4.78 is 42.9. The number of carbonyl (C=O) groups is 1. The first-order valence-corrected chi connectivity index (χ1v) is 12.1. The van der Waals surface area contributed by atoms with E-state index in [2.05, 4.69) is 10.1 Å². The van der Waals surface area contributed by atoms with E-state index in [1.54, 1.807) is 16.9 Å². The van der Waals surface area contributed by atoms with E-state index >= 15 is 8.78 Å². The fourth-order valence-electron chi connectivity index (χ4n) is 4.68. The van der Waals surface area contributed by atoms with Gasteiger partial charge in [-0.2, -0.15) is 5.10 Å². The highest BCUT2D eigenvalue weighted by Gasteiger charge is 2.37. The Labute approximate surface area is 219 Å². The van der Waals surface area contributed by atoms with Crippen LogP contribution >= 0.6 is 0 Å². The normalized spacial score (nSPS) is 13.1. The first-order valence-electron chi connectivity index (χ1n) is 12.1. The van der Waals surface area contributed by atoms with E-state index in [1.807, 2.05) is 51.4 Å². The maximum absolute atomic E-state index is 15.5. The van der Waals surface area contributed by atoms with Crippen LogP contribution in [0.1, 0.15) is 23.7 Å². The number of carbonyl (C=O) groups excluding carboxylic acids is 1. The molecule has 2 amide bonds. The van der Waals surface area contributed by atoms with Gasteiger partial charge in [-0.25, -0.2) is 13.6 Å². The molecule has 0 saturated heterocycles. The SMILES string of the molecule is CCc1ccc(N2C(=O)N(c3c(F)c(OC)cc(OC)c3F)Cc3cnc(-c4cn(C)nc4C)cc32)cc1. The van der Waals surface area contributed by atoms with Crippen LogP contribution in [0, 0.1) is 18.6 Å². The number of aryl methyl sites for hydroxylation is 3. The quantitative estimate of drug-likeness (QED) is 0.316. The Balaban J connectivity index is 1.71. The molecular formula is C28H27F2N5O3. The van der Waals surface area contributed by atoms with Gasteiger partial charge in [-0.05, 0) is 37.1 Å². The fourth-order valence-corrected chi connectivity index (χ4v) is 4.68. The summed E-state index contributed by atoms with van der Waals surface area (Å²) in [6.45, 7) is 3.81. The zero-order valence-corrected chi connectivity index (χ0v) is 21.7. The topological polar surface area (TPSA) is 72.7 Å². The zero-order chi connectivity index (χ0) is 27.1. The first kappa shape index (κ1) is 25.2. The summed E-state index contributed by atoms with van der Waals surface area (Å²) in [4.78, 5) is 21.2. The van der Waals surface area contributed by atoms with Gasteiger partial charge in [0.1, 0.15) is 5.69 Å². The van der Waals surface area contributed by atoms with Crippen LogP contribution in [0.4, 0.5) is 30.6 Å². The van der Waals surface area contributed by atoms with Gasteiger partial charge in [0.25, 0.3) is 0 Å². The van der Waals surface area contributed by atoms with Crippen molar-refractivity contribution in [3.8, 4) is 22.8 Å². The number of halogens is 2. The smallest absolute Gasteiger partial charge is 0.334 e. The molecule has 10 heteroatoms. The number of aromatic nitrogens is 3. The van der Waals surface area contributed by atoms with Gasteiger partial charge in [-0.1, -0.05) is 19.1 Å². The molecule has 0 atom stereocenters. The van der Waals surface area contributed by atoms with Crippen LogP contribution in [0.15, 0.2) is 48.8 Å². The second-order valence-corrected chi connectivity index (χ2v) is 8.98. The minimum absolute atomic E-state index is 0.110. The number of benzene rings is 2. The van der Waals surface area contributed by atoms with Crippen LogP contribution < -0.4 is 19.3 Å². The third kappa shape index (κ3) is 4.11. The highest BCUT2D eigenvalue weighted by molar-refractivity contribution is 6.11. The van der Waals surface area contributed by atoms with Crippen molar-refractivity contribution in [1.82, 2.24) is 14.8 Å². The van der Waals surface area contributed by atoms with Crippen molar-refractivity contribution in [1.29, 1.82) is 0 Å². The van der Waals surface area contributed by atoms with Crippen LogP contribution in [0.3, 0.4) is 0 Å². The Morgan fingerprint density at radius 1 is 1.03 bits per heavy atom. The standard InChI is InChI=1S/C28H27F2N5O3/c1-6-17-7-9-19(10-8-17)35-22-11-21(20-15-33(3)32-16(20)2)31-13-18(22)14-34(28(35)36)27-25(29)23(37-4)12-24(38-5)26(27)30/h7-13,15H,6,14H2,1-5H3. The molecule has 0 bridgehead atoms. The lowest BCUT2D eigenvalue weighted by atomic mass is 10.0. The van der Waals surface area contributed by atoms with Crippen molar-refractivity contribution in [3.05, 3.63) is 77.2 Å². The highest BCUT2D eigenvalue weighted by Crippen LogP contribution is 2.43. The number of fused-ring (bicyclic) bond motifs is 1. The molecule has 5 rings (SSSR count). The van der Waals surface area contributed by atoms with Crippen molar-refractivity contribution < 1.29 is 23.0 Å². The van der Waals surface area contributed by atoms with Crippen LogP contribution in [-0.2, 0) is 20.0 Å². The van der Waals surface area contributed by atoms with Gasteiger partial charge in [-0.15, -0.1) is 0 Å². The molecule has 4 aromatic rings. The van der Waals surface area contributed by atoms with Crippen molar-refractivity contribution in [2.45, 2.75) is 26.8 Å². The molecule has 38 heavy (non-hydrogen) atoms. The number of nitrogens with zero attached hydrogens (tertiary/aromatic N) is 5. The predicted octanol–water partition coefficient (Wildman–Crippen LogP) is 5.93. The molecule has 0 radical (unpaired) electrons. The van der Waals surface area contributed by atoms with Gasteiger partial charge in [0, 0.05) is 36.6 Å². The number of pyridine rings is 1. The van der Waals surface area contributed by atoms with Crippen LogP contribution in [0.25, 0.3) is 11.3 Å². The molecule has 0 fully saturated rings. The Morgan fingerprint density at radius 2 is 1.68 bits per heavy atom. The molecule has 3 heterocycles. The van der Waals surface area contributed by atoms with E-state index in [-0.39, 0.29) is 18.0 Å². The van der Waals surface area contributed by atoms with E-state index in [0.29, 0.717) is 22.6 Å². The molecule has 1 aliphatic heterocycles. The van der Waals surface area contributed by atoms with E-state index in [9.17, 15) is 4.79 Å². The lowest BCUT2D eigenvalue weighted by Gasteiger charge is -2.37. The Morgan fingerprint density at radius 3 is 2.24 bits per heavy atom. The van der Waals surface area contributed by atoms with Crippen molar-refractivity contribution in [2.24, 2.45) is 7.05 Å². The van der Waals surface area contributed by atoms with Crippen molar-refractivity contribution in [2.75, 3.05) is 24.0 Å². The van der Waals surface area contributed by atoms with Crippen molar-refractivity contribution in [3.63, 3.8) is 0 Å². The maximum atomic E-state index is 15.5. The number of hydrogen-bond donors (Lipinski definition) is 0. The average molecular weight is 520 g/mol. The van der Waals surface area contributed by atoms with E-state index < -0.39 is 23.4 Å². The Bertz CT molecular complexity index is 1510. The van der Waals surface area contributed by atoms with Gasteiger partial charge in [0.15, 0.2) is 23.1 Å². The molecule has 0 spiro atoms. The second-order valence-electron chi connectivity index (χ2n) is 8.98. The van der Waals surface area contributed by atoms with E-state index in [1.165, 1.54) is 19.1 Å². The highest BCUT2D eigenvalue weighted by atomic mass is 19.1. The maximum Gasteiger partial charge on any atom is 0.334 e. The monoisotopic (exact) mass is 519 g/mol. The minimum atomic E-state index is -1.00. The number of rotatable bonds is 6. The second kappa shape index (κ2) is 9.77. The third-order valence-corrected chi connectivity index (χ3v) is 6.67. The number of hydrogen-bond acceptors (Lipinski definition) is 5. The first-order chi connectivity index (χ1) is 18.3. The summed E-state index contributed by atoms with van der Waals surface area (Å²) in [6.07, 6.45) is 4.30. The van der Waals surface area contributed by atoms with Gasteiger partial charge in [0.05, 0.1) is 43.5 Å². The minimum Gasteiger partial charge on any atom is -0.493 e. The molecule has 1 aliphatic rings. The molecule has 0 N–H and O–H groups in total. The van der Waals surface area contributed by atoms with Crippen LogP contribution in [0.5, 0.6) is 11.5 Å². The summed E-state index contributed by atoms with van der Waals surface area (Å²) in [5.74, 6) is -2.48. The molecule has 196 valence electrons. The van der Waals surface area contributed by atoms with Crippen molar-refractivity contribution >= 4 is 23.1 Å². The number of amides is 2.